The second-order valence-electron chi connectivity index (χ2n) is 7.19. The molecule has 0 amide bonds. The lowest BCUT2D eigenvalue weighted by atomic mass is 9.77. The SMILES string of the molecule is Cc1ccc(C)c(CC(C)(CNC2CC2)C2CC2)c1. The normalized spacial score (nSPS) is 22.3. The van der Waals surface area contributed by atoms with Gasteiger partial charge in [0, 0.05) is 12.6 Å². The Kier molecular flexibility index (Phi) is 3.42. The quantitative estimate of drug-likeness (QED) is 0.812. The predicted octanol–water partition coefficient (Wildman–Crippen LogP) is 4.01. The molecule has 0 aliphatic heterocycles. The van der Waals surface area contributed by atoms with E-state index in [1.54, 1.807) is 5.56 Å². The van der Waals surface area contributed by atoms with E-state index in [1.165, 1.54) is 49.8 Å². The third-order valence-corrected chi connectivity index (χ3v) is 5.03. The first kappa shape index (κ1) is 13.2. The van der Waals surface area contributed by atoms with Crippen molar-refractivity contribution in [3.63, 3.8) is 0 Å². The molecule has 2 saturated carbocycles. The lowest BCUT2D eigenvalue weighted by molar-refractivity contribution is 0.254. The highest BCUT2D eigenvalue weighted by molar-refractivity contribution is 5.31. The van der Waals surface area contributed by atoms with Crippen LogP contribution < -0.4 is 5.32 Å². The molecule has 0 radical (unpaired) electrons. The van der Waals surface area contributed by atoms with Gasteiger partial charge in [0.2, 0.25) is 0 Å². The highest BCUT2D eigenvalue weighted by Gasteiger charge is 2.42. The summed E-state index contributed by atoms with van der Waals surface area (Å²) in [5.41, 5.74) is 4.88. The summed E-state index contributed by atoms with van der Waals surface area (Å²) in [5, 5.41) is 3.77. The molecule has 1 aromatic carbocycles. The van der Waals surface area contributed by atoms with Gasteiger partial charge in [0.15, 0.2) is 0 Å². The van der Waals surface area contributed by atoms with Crippen LogP contribution in [0, 0.1) is 25.2 Å². The highest BCUT2D eigenvalue weighted by Crippen LogP contribution is 2.47. The first-order valence-corrected chi connectivity index (χ1v) is 7.86. The minimum absolute atomic E-state index is 0.459. The first-order valence-electron chi connectivity index (χ1n) is 7.86. The van der Waals surface area contributed by atoms with E-state index < -0.39 is 0 Å². The second kappa shape index (κ2) is 4.94. The van der Waals surface area contributed by atoms with E-state index in [1.807, 2.05) is 0 Å². The average molecular weight is 257 g/mol. The molecule has 19 heavy (non-hydrogen) atoms. The predicted molar refractivity (Wildman–Crippen MR) is 81.5 cm³/mol. The standard InChI is InChI=1S/C18H27N/c1-13-4-5-14(2)15(10-13)11-18(3,16-6-7-16)12-19-17-8-9-17/h4-5,10,16-17,19H,6-9,11-12H2,1-3H3. The van der Waals surface area contributed by atoms with Crippen LogP contribution >= 0.6 is 0 Å². The van der Waals surface area contributed by atoms with Gasteiger partial charge in [0.25, 0.3) is 0 Å². The molecule has 1 nitrogen and oxygen atoms in total. The van der Waals surface area contributed by atoms with Crippen LogP contribution in [0.1, 0.15) is 49.3 Å². The van der Waals surface area contributed by atoms with Crippen molar-refractivity contribution >= 4 is 0 Å². The van der Waals surface area contributed by atoms with Crippen LogP contribution in [-0.4, -0.2) is 12.6 Å². The molecule has 0 bridgehead atoms. The van der Waals surface area contributed by atoms with Gasteiger partial charge >= 0.3 is 0 Å². The number of hydrogen-bond acceptors (Lipinski definition) is 1. The maximum absolute atomic E-state index is 3.77. The lowest BCUT2D eigenvalue weighted by Crippen LogP contribution is -2.36. The molecular formula is C18H27N. The van der Waals surface area contributed by atoms with E-state index in [0.717, 1.165) is 12.0 Å². The van der Waals surface area contributed by atoms with Crippen LogP contribution in [0.2, 0.25) is 0 Å². The Balaban J connectivity index is 1.73. The van der Waals surface area contributed by atoms with Crippen LogP contribution in [0.25, 0.3) is 0 Å². The van der Waals surface area contributed by atoms with Crippen molar-refractivity contribution in [1.82, 2.24) is 5.32 Å². The lowest BCUT2D eigenvalue weighted by Gasteiger charge is -2.31. The molecule has 1 N–H and O–H groups in total. The number of nitrogens with one attached hydrogen (secondary N) is 1. The largest absolute Gasteiger partial charge is 0.313 e. The summed E-state index contributed by atoms with van der Waals surface area (Å²) in [4.78, 5) is 0. The van der Waals surface area contributed by atoms with Gasteiger partial charge in [-0.25, -0.2) is 0 Å². The van der Waals surface area contributed by atoms with Crippen molar-refractivity contribution in [2.24, 2.45) is 11.3 Å². The molecule has 0 aromatic heterocycles. The smallest absolute Gasteiger partial charge is 0.00684 e. The molecule has 1 aromatic rings. The summed E-state index contributed by atoms with van der Waals surface area (Å²) in [6.07, 6.45) is 6.90. The van der Waals surface area contributed by atoms with E-state index in [9.17, 15) is 0 Å². The molecule has 2 aliphatic rings. The zero-order valence-corrected chi connectivity index (χ0v) is 12.6. The second-order valence-corrected chi connectivity index (χ2v) is 7.19. The minimum atomic E-state index is 0.459. The van der Waals surface area contributed by atoms with E-state index in [0.29, 0.717) is 5.41 Å². The summed E-state index contributed by atoms with van der Waals surface area (Å²) in [5.74, 6) is 0.943. The molecule has 2 aliphatic carbocycles. The zero-order valence-electron chi connectivity index (χ0n) is 12.6. The molecule has 0 heterocycles. The van der Waals surface area contributed by atoms with E-state index in [2.05, 4.69) is 44.3 Å². The number of benzene rings is 1. The Morgan fingerprint density at radius 1 is 1.16 bits per heavy atom. The monoisotopic (exact) mass is 257 g/mol. The molecule has 1 heteroatoms. The van der Waals surface area contributed by atoms with Gasteiger partial charge in [-0.15, -0.1) is 0 Å². The fourth-order valence-electron chi connectivity index (χ4n) is 3.22. The Hall–Kier alpha value is -0.820. The van der Waals surface area contributed by atoms with Gasteiger partial charge in [0.05, 0.1) is 0 Å². The fraction of sp³-hybridized carbons (Fsp3) is 0.667. The summed E-state index contributed by atoms with van der Waals surface area (Å²) in [7, 11) is 0. The van der Waals surface area contributed by atoms with Crippen molar-refractivity contribution in [2.45, 2.75) is 58.9 Å². The molecule has 104 valence electrons. The maximum Gasteiger partial charge on any atom is 0.00684 e. The van der Waals surface area contributed by atoms with Crippen LogP contribution in [0.4, 0.5) is 0 Å². The molecule has 1 unspecified atom stereocenters. The van der Waals surface area contributed by atoms with Crippen LogP contribution in [0.3, 0.4) is 0 Å². The Morgan fingerprint density at radius 2 is 1.89 bits per heavy atom. The Bertz CT molecular complexity index is 457. The molecule has 2 fully saturated rings. The maximum atomic E-state index is 3.77. The topological polar surface area (TPSA) is 12.0 Å². The van der Waals surface area contributed by atoms with Gasteiger partial charge < -0.3 is 5.32 Å². The van der Waals surface area contributed by atoms with Crippen LogP contribution in [0.15, 0.2) is 18.2 Å². The highest BCUT2D eigenvalue weighted by atomic mass is 15.0. The summed E-state index contributed by atoms with van der Waals surface area (Å²) < 4.78 is 0. The number of hydrogen-bond donors (Lipinski definition) is 1. The molecule has 1 atom stereocenters. The van der Waals surface area contributed by atoms with E-state index >= 15 is 0 Å². The van der Waals surface area contributed by atoms with E-state index in [-0.39, 0.29) is 0 Å². The number of rotatable bonds is 6. The summed E-state index contributed by atoms with van der Waals surface area (Å²) in [6, 6.07) is 7.74. The number of aryl methyl sites for hydroxylation is 2. The van der Waals surface area contributed by atoms with Crippen molar-refractivity contribution < 1.29 is 0 Å². The summed E-state index contributed by atoms with van der Waals surface area (Å²) >= 11 is 0. The van der Waals surface area contributed by atoms with Crippen molar-refractivity contribution in [2.75, 3.05) is 6.54 Å². The van der Waals surface area contributed by atoms with Crippen LogP contribution in [-0.2, 0) is 6.42 Å². The van der Waals surface area contributed by atoms with Gasteiger partial charge in [0.1, 0.15) is 0 Å². The molecule has 0 spiro atoms. The van der Waals surface area contributed by atoms with Gasteiger partial charge in [-0.2, -0.15) is 0 Å². The third kappa shape index (κ3) is 3.20. The average Bonchev–Trinajstić information content (AvgIpc) is 3.24. The van der Waals surface area contributed by atoms with Gasteiger partial charge in [-0.1, -0.05) is 30.7 Å². The minimum Gasteiger partial charge on any atom is -0.313 e. The Labute approximate surface area is 117 Å². The van der Waals surface area contributed by atoms with Gasteiger partial charge in [-0.3, -0.25) is 0 Å². The fourth-order valence-corrected chi connectivity index (χ4v) is 3.22. The molecule has 3 rings (SSSR count). The third-order valence-electron chi connectivity index (χ3n) is 5.03. The van der Waals surface area contributed by atoms with Crippen molar-refractivity contribution in [1.29, 1.82) is 0 Å². The molecule has 0 saturated heterocycles. The summed E-state index contributed by atoms with van der Waals surface area (Å²) in [6.45, 7) is 8.17. The van der Waals surface area contributed by atoms with Gasteiger partial charge in [-0.05, 0) is 68.4 Å². The Morgan fingerprint density at radius 3 is 2.53 bits per heavy atom. The van der Waals surface area contributed by atoms with E-state index in [4.69, 9.17) is 0 Å². The molecular weight excluding hydrogens is 230 g/mol. The first-order chi connectivity index (χ1) is 9.07. The van der Waals surface area contributed by atoms with Crippen molar-refractivity contribution in [3.05, 3.63) is 34.9 Å². The van der Waals surface area contributed by atoms with Crippen LogP contribution in [0.5, 0.6) is 0 Å². The van der Waals surface area contributed by atoms with Crippen molar-refractivity contribution in [3.8, 4) is 0 Å². The zero-order chi connectivity index (χ0) is 13.5.